The number of carbonyl (C=O) groups is 1. The maximum atomic E-state index is 12.9. The highest BCUT2D eigenvalue weighted by atomic mass is 79.9. The van der Waals surface area contributed by atoms with Gasteiger partial charge in [-0.2, -0.15) is 10.4 Å². The van der Waals surface area contributed by atoms with Crippen LogP contribution in [0, 0.1) is 18.3 Å². The highest BCUT2D eigenvalue weighted by Gasteiger charge is 2.19. The number of pyridine rings is 1. The van der Waals surface area contributed by atoms with Crippen molar-refractivity contribution in [2.75, 3.05) is 14.2 Å². The molecule has 0 aliphatic carbocycles. The third-order valence-corrected chi connectivity index (χ3v) is 8.13. The largest absolute Gasteiger partial charge is 0.493 e. The molecule has 0 spiro atoms. The van der Waals surface area contributed by atoms with Gasteiger partial charge >= 0.3 is 0 Å². The minimum atomic E-state index is -0.578. The first kappa shape index (κ1) is 30.0. The summed E-state index contributed by atoms with van der Waals surface area (Å²) in [7, 11) is 3.02. The molecular weight excluding hydrogens is 656 g/mol. The van der Waals surface area contributed by atoms with Crippen molar-refractivity contribution < 1.29 is 19.0 Å². The molecule has 0 unspecified atom stereocenters. The zero-order valence-corrected chi connectivity index (χ0v) is 25.7. The fourth-order valence-corrected chi connectivity index (χ4v) is 5.25. The van der Waals surface area contributed by atoms with Crippen LogP contribution < -0.4 is 20.5 Å². The molecule has 0 radical (unpaired) electrons. The Morgan fingerprint density at radius 2 is 1.85 bits per heavy atom. The molecule has 210 valence electrons. The predicted molar refractivity (Wildman–Crippen MR) is 163 cm³/mol. The summed E-state index contributed by atoms with van der Waals surface area (Å²) in [5, 5.41) is 15.8. The van der Waals surface area contributed by atoms with Gasteiger partial charge in [-0.25, -0.2) is 5.43 Å². The Labute approximate surface area is 253 Å². The molecule has 1 aromatic heterocycles. The number of amides is 1. The molecule has 41 heavy (non-hydrogen) atoms. The maximum absolute atomic E-state index is 12.9. The quantitative estimate of drug-likeness (QED) is 0.172. The highest BCUT2D eigenvalue weighted by Crippen LogP contribution is 2.34. The van der Waals surface area contributed by atoms with Crippen LogP contribution in [0.2, 0.25) is 0 Å². The first-order valence-corrected chi connectivity index (χ1v) is 14.0. The number of hydrazone groups is 1. The number of benzene rings is 3. The van der Waals surface area contributed by atoms with Gasteiger partial charge in [0.1, 0.15) is 24.8 Å². The summed E-state index contributed by atoms with van der Waals surface area (Å²) >= 11 is 6.94. The molecular formula is C30H26Br2N4O5. The van der Waals surface area contributed by atoms with Crippen LogP contribution in [-0.2, 0) is 29.3 Å². The minimum absolute atomic E-state index is 0.0839. The number of hydrogen-bond acceptors (Lipinski definition) is 7. The van der Waals surface area contributed by atoms with E-state index in [-0.39, 0.29) is 18.7 Å². The van der Waals surface area contributed by atoms with Crippen molar-refractivity contribution in [3.05, 3.63) is 102 Å². The van der Waals surface area contributed by atoms with E-state index in [4.69, 9.17) is 14.2 Å². The Hall–Kier alpha value is -3.98. The fraction of sp³-hybridized carbons (Fsp3) is 0.200. The second-order valence-electron chi connectivity index (χ2n) is 8.93. The summed E-state index contributed by atoms with van der Waals surface area (Å²) in [6, 6.07) is 19.6. The van der Waals surface area contributed by atoms with Gasteiger partial charge in [-0.3, -0.25) is 9.59 Å². The standard InChI is InChI=1S/C30H26Br2N4O5/c1-18-29(32)24(17-39-2)23(13-33)30(38)36(18)15-28(37)35-34-14-21-11-26(40-3)27(12-25(21)31)41-16-20-9-6-8-19-7-4-5-10-22(19)20/h4-12,14H,15-17H2,1-3H3,(H,35,37)/b34-14-. The Balaban J connectivity index is 1.47. The smallest absolute Gasteiger partial charge is 0.269 e. The maximum Gasteiger partial charge on any atom is 0.269 e. The molecule has 0 bridgehead atoms. The van der Waals surface area contributed by atoms with E-state index >= 15 is 0 Å². The Kier molecular flexibility index (Phi) is 9.94. The van der Waals surface area contributed by atoms with Gasteiger partial charge in [0.15, 0.2) is 11.5 Å². The Bertz CT molecular complexity index is 1740. The number of nitrogens with one attached hydrogen (secondary N) is 1. The zero-order chi connectivity index (χ0) is 29.5. The highest BCUT2D eigenvalue weighted by molar-refractivity contribution is 9.10. The van der Waals surface area contributed by atoms with Gasteiger partial charge in [0.25, 0.3) is 11.5 Å². The summed E-state index contributed by atoms with van der Waals surface area (Å²) in [5.74, 6) is 0.493. The van der Waals surface area contributed by atoms with Crippen molar-refractivity contribution in [1.82, 2.24) is 9.99 Å². The van der Waals surface area contributed by atoms with Crippen molar-refractivity contribution in [3.63, 3.8) is 0 Å². The molecule has 0 fully saturated rings. The number of ether oxygens (including phenoxy) is 3. The summed E-state index contributed by atoms with van der Waals surface area (Å²) in [6.07, 6.45) is 1.45. The molecule has 3 aromatic carbocycles. The van der Waals surface area contributed by atoms with Crippen LogP contribution in [0.3, 0.4) is 0 Å². The summed E-state index contributed by atoms with van der Waals surface area (Å²) in [4.78, 5) is 25.5. The van der Waals surface area contributed by atoms with E-state index in [1.54, 1.807) is 26.2 Å². The lowest BCUT2D eigenvalue weighted by Gasteiger charge is -2.15. The average Bonchev–Trinajstić information content (AvgIpc) is 2.98. The van der Waals surface area contributed by atoms with E-state index in [1.165, 1.54) is 17.9 Å². The van der Waals surface area contributed by atoms with Gasteiger partial charge < -0.3 is 18.8 Å². The van der Waals surface area contributed by atoms with Crippen molar-refractivity contribution in [3.8, 4) is 17.6 Å². The van der Waals surface area contributed by atoms with Gasteiger partial charge in [-0.05, 0) is 67.3 Å². The molecule has 0 aliphatic rings. The van der Waals surface area contributed by atoms with Gasteiger partial charge in [0.05, 0.1) is 19.9 Å². The molecule has 9 nitrogen and oxygen atoms in total. The minimum Gasteiger partial charge on any atom is -0.493 e. The number of nitrogens with zero attached hydrogens (tertiary/aromatic N) is 3. The van der Waals surface area contributed by atoms with Crippen molar-refractivity contribution in [2.24, 2.45) is 5.10 Å². The summed E-state index contributed by atoms with van der Waals surface area (Å²) in [5.41, 5.74) is 4.38. The number of carbonyl (C=O) groups excluding carboxylic acids is 1. The third-order valence-electron chi connectivity index (χ3n) is 6.39. The van der Waals surface area contributed by atoms with Crippen LogP contribution in [0.5, 0.6) is 11.5 Å². The number of hydrogen-bond donors (Lipinski definition) is 1. The second-order valence-corrected chi connectivity index (χ2v) is 10.6. The third kappa shape index (κ3) is 6.68. The summed E-state index contributed by atoms with van der Waals surface area (Å²) < 4.78 is 19.2. The number of halogens is 2. The van der Waals surface area contributed by atoms with Gasteiger partial charge in [0, 0.05) is 32.9 Å². The molecule has 1 amide bonds. The zero-order valence-electron chi connectivity index (χ0n) is 22.5. The molecule has 0 atom stereocenters. The molecule has 4 aromatic rings. The second kappa shape index (κ2) is 13.6. The number of methoxy groups -OCH3 is 2. The lowest BCUT2D eigenvalue weighted by molar-refractivity contribution is -0.121. The lowest BCUT2D eigenvalue weighted by atomic mass is 10.1. The molecule has 4 rings (SSSR count). The van der Waals surface area contributed by atoms with Crippen molar-refractivity contribution in [2.45, 2.75) is 26.7 Å². The van der Waals surface area contributed by atoms with Crippen LogP contribution in [0.1, 0.15) is 27.9 Å². The van der Waals surface area contributed by atoms with Gasteiger partial charge in [-0.1, -0.05) is 42.5 Å². The molecule has 0 saturated carbocycles. The van der Waals surface area contributed by atoms with E-state index in [2.05, 4.69) is 60.6 Å². The first-order chi connectivity index (χ1) is 19.8. The van der Waals surface area contributed by atoms with E-state index in [9.17, 15) is 14.9 Å². The van der Waals surface area contributed by atoms with Crippen molar-refractivity contribution in [1.29, 1.82) is 5.26 Å². The number of fused-ring (bicyclic) bond motifs is 1. The molecule has 0 saturated heterocycles. The van der Waals surface area contributed by atoms with E-state index in [0.29, 0.717) is 43.9 Å². The van der Waals surface area contributed by atoms with Crippen LogP contribution >= 0.6 is 31.9 Å². The SMILES string of the molecule is COCc1c(Br)c(C)n(CC(=O)N/N=C\c2cc(OC)c(OCc3cccc4ccccc34)cc2Br)c(=O)c1C#N. The summed E-state index contributed by atoms with van der Waals surface area (Å²) in [6.45, 7) is 1.79. The monoisotopic (exact) mass is 680 g/mol. The van der Waals surface area contributed by atoms with E-state index in [1.807, 2.05) is 30.3 Å². The fourth-order valence-electron chi connectivity index (χ4n) is 4.30. The predicted octanol–water partition coefficient (Wildman–Crippen LogP) is 5.59. The molecule has 1 heterocycles. The van der Waals surface area contributed by atoms with Gasteiger partial charge in [-0.15, -0.1) is 0 Å². The van der Waals surface area contributed by atoms with Crippen LogP contribution in [0.4, 0.5) is 0 Å². The first-order valence-electron chi connectivity index (χ1n) is 12.4. The normalized spacial score (nSPS) is 11.0. The molecule has 11 heteroatoms. The van der Waals surface area contributed by atoms with Crippen molar-refractivity contribution >= 4 is 54.8 Å². The Morgan fingerprint density at radius 3 is 2.59 bits per heavy atom. The van der Waals surface area contributed by atoms with Crippen LogP contribution in [0.25, 0.3) is 10.8 Å². The number of nitriles is 1. The lowest BCUT2D eigenvalue weighted by Crippen LogP contribution is -2.33. The van der Waals surface area contributed by atoms with Gasteiger partial charge in [0.2, 0.25) is 0 Å². The van der Waals surface area contributed by atoms with Crippen LogP contribution in [-0.4, -0.2) is 30.9 Å². The number of aromatic nitrogens is 1. The van der Waals surface area contributed by atoms with Crippen LogP contribution in [0.15, 0.2) is 73.4 Å². The molecule has 1 N–H and O–H groups in total. The van der Waals surface area contributed by atoms with E-state index in [0.717, 1.165) is 16.3 Å². The Morgan fingerprint density at radius 1 is 1.10 bits per heavy atom. The van der Waals surface area contributed by atoms with E-state index < -0.39 is 11.5 Å². The topological polar surface area (TPSA) is 115 Å². The number of rotatable bonds is 10. The average molecular weight is 682 g/mol. The molecule has 0 aliphatic heterocycles.